The maximum absolute atomic E-state index is 13.0. The van der Waals surface area contributed by atoms with Gasteiger partial charge in [0, 0.05) is 24.1 Å². The molecule has 6 heteroatoms. The highest BCUT2D eigenvalue weighted by atomic mass is 19.1. The SMILES string of the molecule is CC(C)NC(=O)c1cnc(Nc2cccc(F)c2)nc1. The summed E-state index contributed by atoms with van der Waals surface area (Å²) in [5, 5.41) is 5.60. The minimum absolute atomic E-state index is 0.0487. The number of benzene rings is 1. The summed E-state index contributed by atoms with van der Waals surface area (Å²) < 4.78 is 13.0. The van der Waals surface area contributed by atoms with E-state index in [0.717, 1.165) is 0 Å². The molecule has 2 rings (SSSR count). The lowest BCUT2D eigenvalue weighted by atomic mass is 10.3. The fourth-order valence-corrected chi connectivity index (χ4v) is 1.55. The maximum Gasteiger partial charge on any atom is 0.254 e. The van der Waals surface area contributed by atoms with E-state index in [2.05, 4.69) is 20.6 Å². The highest BCUT2D eigenvalue weighted by Gasteiger charge is 2.08. The highest BCUT2D eigenvalue weighted by molar-refractivity contribution is 5.93. The van der Waals surface area contributed by atoms with Crippen LogP contribution in [0.25, 0.3) is 0 Å². The second-order valence-electron chi connectivity index (χ2n) is 4.56. The van der Waals surface area contributed by atoms with Gasteiger partial charge in [0.15, 0.2) is 0 Å². The Kier molecular flexibility index (Phi) is 4.24. The summed E-state index contributed by atoms with van der Waals surface area (Å²) in [6.07, 6.45) is 2.85. The molecule has 0 aliphatic carbocycles. The van der Waals surface area contributed by atoms with Crippen molar-refractivity contribution in [3.63, 3.8) is 0 Å². The summed E-state index contributed by atoms with van der Waals surface area (Å²) in [4.78, 5) is 19.8. The average Bonchev–Trinajstić information content (AvgIpc) is 2.38. The molecule has 0 unspecified atom stereocenters. The summed E-state index contributed by atoms with van der Waals surface area (Å²) in [5.41, 5.74) is 0.924. The Morgan fingerprint density at radius 1 is 1.25 bits per heavy atom. The number of hydrogen-bond donors (Lipinski definition) is 2. The second-order valence-corrected chi connectivity index (χ2v) is 4.56. The van der Waals surface area contributed by atoms with Gasteiger partial charge in [-0.05, 0) is 32.0 Å². The first-order chi connectivity index (χ1) is 9.54. The Balaban J connectivity index is 2.07. The maximum atomic E-state index is 13.0. The molecule has 2 aromatic rings. The van der Waals surface area contributed by atoms with Crippen molar-refractivity contribution in [2.75, 3.05) is 5.32 Å². The van der Waals surface area contributed by atoms with Gasteiger partial charge in [-0.1, -0.05) is 6.07 Å². The van der Waals surface area contributed by atoms with Crippen LogP contribution in [0.2, 0.25) is 0 Å². The molecule has 104 valence electrons. The van der Waals surface area contributed by atoms with Crippen LogP contribution in [0.5, 0.6) is 0 Å². The fourth-order valence-electron chi connectivity index (χ4n) is 1.55. The number of halogens is 1. The van der Waals surface area contributed by atoms with Gasteiger partial charge < -0.3 is 10.6 Å². The Labute approximate surface area is 116 Å². The third-order valence-corrected chi connectivity index (χ3v) is 2.41. The zero-order valence-electron chi connectivity index (χ0n) is 11.2. The molecule has 1 amide bonds. The summed E-state index contributed by atoms with van der Waals surface area (Å²) in [6.45, 7) is 3.75. The van der Waals surface area contributed by atoms with Crippen LogP contribution in [0.4, 0.5) is 16.0 Å². The van der Waals surface area contributed by atoms with E-state index < -0.39 is 0 Å². The van der Waals surface area contributed by atoms with Crippen LogP contribution in [-0.2, 0) is 0 Å². The Hall–Kier alpha value is -2.50. The predicted molar refractivity (Wildman–Crippen MR) is 74.3 cm³/mol. The molecule has 20 heavy (non-hydrogen) atoms. The summed E-state index contributed by atoms with van der Waals surface area (Å²) in [6, 6.07) is 6.02. The van der Waals surface area contributed by atoms with Crippen molar-refractivity contribution in [2.24, 2.45) is 0 Å². The zero-order chi connectivity index (χ0) is 14.5. The van der Waals surface area contributed by atoms with Crippen LogP contribution < -0.4 is 10.6 Å². The molecule has 0 fully saturated rings. The van der Waals surface area contributed by atoms with Crippen molar-refractivity contribution in [1.29, 1.82) is 0 Å². The Morgan fingerprint density at radius 2 is 1.95 bits per heavy atom. The molecule has 0 saturated carbocycles. The van der Waals surface area contributed by atoms with Gasteiger partial charge in [0.25, 0.3) is 5.91 Å². The number of carbonyl (C=O) groups is 1. The van der Waals surface area contributed by atoms with E-state index in [0.29, 0.717) is 17.2 Å². The quantitative estimate of drug-likeness (QED) is 0.899. The molecule has 1 aromatic carbocycles. The summed E-state index contributed by atoms with van der Waals surface area (Å²) in [7, 11) is 0. The van der Waals surface area contributed by atoms with E-state index in [4.69, 9.17) is 0 Å². The predicted octanol–water partition coefficient (Wildman–Crippen LogP) is 2.50. The van der Waals surface area contributed by atoms with Crippen LogP contribution in [0.3, 0.4) is 0 Å². The molecule has 5 nitrogen and oxygen atoms in total. The number of nitrogens with one attached hydrogen (secondary N) is 2. The summed E-state index contributed by atoms with van der Waals surface area (Å²) in [5.74, 6) is -0.267. The van der Waals surface area contributed by atoms with Crippen LogP contribution in [0.1, 0.15) is 24.2 Å². The van der Waals surface area contributed by atoms with E-state index in [-0.39, 0.29) is 17.8 Å². The first kappa shape index (κ1) is 13.9. The minimum atomic E-state index is -0.345. The number of hydrogen-bond acceptors (Lipinski definition) is 4. The van der Waals surface area contributed by atoms with Crippen LogP contribution in [0, 0.1) is 5.82 Å². The fraction of sp³-hybridized carbons (Fsp3) is 0.214. The third-order valence-electron chi connectivity index (χ3n) is 2.41. The number of aromatic nitrogens is 2. The number of rotatable bonds is 4. The number of amides is 1. The van der Waals surface area contributed by atoms with Crippen molar-refractivity contribution in [3.8, 4) is 0 Å². The molecule has 0 aliphatic rings. The van der Waals surface area contributed by atoms with Crippen molar-refractivity contribution in [1.82, 2.24) is 15.3 Å². The molecule has 0 atom stereocenters. The van der Waals surface area contributed by atoms with Gasteiger partial charge in [0.1, 0.15) is 5.82 Å². The monoisotopic (exact) mass is 274 g/mol. The molecule has 1 aromatic heterocycles. The number of nitrogens with zero attached hydrogens (tertiary/aromatic N) is 2. The molecular formula is C14H15FN4O. The van der Waals surface area contributed by atoms with Gasteiger partial charge in [-0.3, -0.25) is 4.79 Å². The first-order valence-electron chi connectivity index (χ1n) is 6.20. The molecule has 1 heterocycles. The lowest BCUT2D eigenvalue weighted by Crippen LogP contribution is -2.30. The molecule has 0 spiro atoms. The topological polar surface area (TPSA) is 66.9 Å². The first-order valence-corrected chi connectivity index (χ1v) is 6.20. The van der Waals surface area contributed by atoms with Crippen LogP contribution >= 0.6 is 0 Å². The van der Waals surface area contributed by atoms with E-state index in [1.807, 2.05) is 13.8 Å². The number of carbonyl (C=O) groups excluding carboxylic acids is 1. The Bertz CT molecular complexity index is 598. The molecule has 2 N–H and O–H groups in total. The minimum Gasteiger partial charge on any atom is -0.350 e. The van der Waals surface area contributed by atoms with E-state index in [1.165, 1.54) is 24.5 Å². The zero-order valence-corrected chi connectivity index (χ0v) is 11.2. The van der Waals surface area contributed by atoms with Gasteiger partial charge >= 0.3 is 0 Å². The van der Waals surface area contributed by atoms with Gasteiger partial charge in [0.2, 0.25) is 5.95 Å². The number of anilines is 2. The van der Waals surface area contributed by atoms with Crippen molar-refractivity contribution >= 4 is 17.5 Å². The standard InChI is InChI=1S/C14H15FN4O/c1-9(2)18-13(20)10-7-16-14(17-8-10)19-12-5-3-4-11(15)6-12/h3-9H,1-2H3,(H,18,20)(H,16,17,19). The smallest absolute Gasteiger partial charge is 0.254 e. The molecule has 0 aliphatic heterocycles. The third kappa shape index (κ3) is 3.74. The lowest BCUT2D eigenvalue weighted by molar-refractivity contribution is 0.0942. The molecule has 0 saturated heterocycles. The highest BCUT2D eigenvalue weighted by Crippen LogP contribution is 2.13. The van der Waals surface area contributed by atoms with E-state index in [9.17, 15) is 9.18 Å². The summed E-state index contributed by atoms with van der Waals surface area (Å²) >= 11 is 0. The van der Waals surface area contributed by atoms with Crippen molar-refractivity contribution in [3.05, 3.63) is 48.0 Å². The van der Waals surface area contributed by atoms with Gasteiger partial charge in [0.05, 0.1) is 5.56 Å². The Morgan fingerprint density at radius 3 is 2.55 bits per heavy atom. The van der Waals surface area contributed by atoms with Crippen molar-refractivity contribution in [2.45, 2.75) is 19.9 Å². The molecule has 0 radical (unpaired) electrons. The average molecular weight is 274 g/mol. The van der Waals surface area contributed by atoms with Crippen molar-refractivity contribution < 1.29 is 9.18 Å². The van der Waals surface area contributed by atoms with E-state index >= 15 is 0 Å². The second kappa shape index (κ2) is 6.10. The molecular weight excluding hydrogens is 259 g/mol. The normalized spacial score (nSPS) is 10.4. The van der Waals surface area contributed by atoms with Crippen LogP contribution in [0.15, 0.2) is 36.7 Å². The van der Waals surface area contributed by atoms with E-state index in [1.54, 1.807) is 12.1 Å². The van der Waals surface area contributed by atoms with Gasteiger partial charge in [-0.15, -0.1) is 0 Å². The van der Waals surface area contributed by atoms with Gasteiger partial charge in [-0.25, -0.2) is 14.4 Å². The van der Waals surface area contributed by atoms with Gasteiger partial charge in [-0.2, -0.15) is 0 Å². The molecule has 0 bridgehead atoms. The lowest BCUT2D eigenvalue weighted by Gasteiger charge is -2.08. The van der Waals surface area contributed by atoms with Crippen LogP contribution in [-0.4, -0.2) is 21.9 Å². The largest absolute Gasteiger partial charge is 0.350 e.